The van der Waals surface area contributed by atoms with E-state index in [0.29, 0.717) is 29.6 Å². The summed E-state index contributed by atoms with van der Waals surface area (Å²) in [6.07, 6.45) is 2.12. The van der Waals surface area contributed by atoms with Crippen molar-refractivity contribution in [2.24, 2.45) is 0 Å². The number of nitrogens with one attached hydrogen (secondary N) is 2. The third kappa shape index (κ3) is 3.73. The van der Waals surface area contributed by atoms with Crippen molar-refractivity contribution in [2.45, 2.75) is 38.4 Å². The summed E-state index contributed by atoms with van der Waals surface area (Å²) in [4.78, 5) is 54.4. The van der Waals surface area contributed by atoms with Gasteiger partial charge in [0.1, 0.15) is 11.6 Å². The molecule has 0 saturated carbocycles. The molecule has 0 bridgehead atoms. The average molecular weight is 432 g/mol. The molecule has 1 atom stereocenters. The number of carbonyl (C=O) groups is 4. The lowest BCUT2D eigenvalue weighted by atomic mass is 10.0. The number of aromatic nitrogens is 1. The SMILES string of the molecule is O=C(Cc1ccc2ocnc2c1)NCc1ccc2c(c1)C(=O)N(C1CCC(=O)NC1=O)C2. The molecule has 3 aromatic rings. The third-order valence-corrected chi connectivity index (χ3v) is 5.84. The highest BCUT2D eigenvalue weighted by Gasteiger charge is 2.39. The minimum Gasteiger partial charge on any atom is -0.443 e. The van der Waals surface area contributed by atoms with E-state index in [4.69, 9.17) is 4.42 Å². The minimum absolute atomic E-state index is 0.148. The molecule has 162 valence electrons. The van der Waals surface area contributed by atoms with E-state index in [1.165, 1.54) is 11.3 Å². The minimum atomic E-state index is -0.641. The number of benzene rings is 2. The number of piperidine rings is 1. The predicted molar refractivity (Wildman–Crippen MR) is 112 cm³/mol. The van der Waals surface area contributed by atoms with Crippen LogP contribution in [0.1, 0.15) is 39.9 Å². The Bertz CT molecular complexity index is 1260. The Morgan fingerprint density at radius 2 is 2.00 bits per heavy atom. The van der Waals surface area contributed by atoms with E-state index in [2.05, 4.69) is 15.6 Å². The molecule has 32 heavy (non-hydrogen) atoms. The van der Waals surface area contributed by atoms with Crippen LogP contribution in [-0.4, -0.2) is 39.6 Å². The van der Waals surface area contributed by atoms with Crippen LogP contribution in [0.4, 0.5) is 0 Å². The van der Waals surface area contributed by atoms with Crippen LogP contribution in [0.2, 0.25) is 0 Å². The standard InChI is InChI=1S/C23H20N4O5/c28-20-6-4-18(22(30)26-20)27-11-15-3-1-14(7-16(15)23(27)31)10-24-21(29)9-13-2-5-19-17(8-13)25-12-32-19/h1-3,5,7-8,12,18H,4,6,9-11H2,(H,24,29)(H,26,28,30). The van der Waals surface area contributed by atoms with Crippen molar-refractivity contribution >= 4 is 34.7 Å². The van der Waals surface area contributed by atoms with Crippen molar-refractivity contribution in [3.8, 4) is 0 Å². The van der Waals surface area contributed by atoms with Gasteiger partial charge in [-0.1, -0.05) is 18.2 Å². The van der Waals surface area contributed by atoms with Crippen molar-refractivity contribution in [1.29, 1.82) is 0 Å². The Morgan fingerprint density at radius 1 is 1.16 bits per heavy atom. The van der Waals surface area contributed by atoms with E-state index in [0.717, 1.165) is 16.7 Å². The van der Waals surface area contributed by atoms with Gasteiger partial charge in [0.25, 0.3) is 5.91 Å². The second kappa shape index (κ2) is 7.92. The number of imide groups is 1. The maximum absolute atomic E-state index is 12.9. The first-order valence-corrected chi connectivity index (χ1v) is 10.3. The normalized spacial score (nSPS) is 18.1. The average Bonchev–Trinajstić information content (AvgIpc) is 3.36. The first-order valence-electron chi connectivity index (χ1n) is 10.3. The zero-order valence-electron chi connectivity index (χ0n) is 17.1. The molecule has 3 heterocycles. The van der Waals surface area contributed by atoms with Gasteiger partial charge in [-0.2, -0.15) is 0 Å². The Morgan fingerprint density at radius 3 is 2.84 bits per heavy atom. The summed E-state index contributed by atoms with van der Waals surface area (Å²) in [5.41, 5.74) is 4.35. The van der Waals surface area contributed by atoms with Crippen LogP contribution in [-0.2, 0) is 33.9 Å². The van der Waals surface area contributed by atoms with Gasteiger partial charge in [-0.3, -0.25) is 24.5 Å². The molecule has 0 spiro atoms. The maximum atomic E-state index is 12.9. The number of nitrogens with zero attached hydrogens (tertiary/aromatic N) is 2. The van der Waals surface area contributed by atoms with Crippen LogP contribution in [0.5, 0.6) is 0 Å². The first-order chi connectivity index (χ1) is 15.5. The van der Waals surface area contributed by atoms with Crippen molar-refractivity contribution in [2.75, 3.05) is 0 Å². The number of hydrogen-bond acceptors (Lipinski definition) is 6. The van der Waals surface area contributed by atoms with E-state index in [9.17, 15) is 19.2 Å². The smallest absolute Gasteiger partial charge is 0.255 e. The Hall–Kier alpha value is -4.01. The molecule has 2 aliphatic heterocycles. The van der Waals surface area contributed by atoms with Gasteiger partial charge in [0.15, 0.2) is 12.0 Å². The molecule has 0 radical (unpaired) electrons. The fraction of sp³-hybridized carbons (Fsp3) is 0.261. The Balaban J connectivity index is 1.22. The van der Waals surface area contributed by atoms with Gasteiger partial charge in [0, 0.05) is 25.1 Å². The molecule has 2 aliphatic rings. The number of rotatable bonds is 5. The largest absolute Gasteiger partial charge is 0.443 e. The van der Waals surface area contributed by atoms with Crippen molar-refractivity contribution < 1.29 is 23.6 Å². The summed E-state index contributed by atoms with van der Waals surface area (Å²) in [6, 6.07) is 10.2. The van der Waals surface area contributed by atoms with E-state index in [1.807, 2.05) is 24.3 Å². The molecule has 1 aromatic heterocycles. The molecule has 1 fully saturated rings. The second-order valence-corrected chi connectivity index (χ2v) is 8.00. The Labute approximate surface area is 182 Å². The highest BCUT2D eigenvalue weighted by molar-refractivity contribution is 6.05. The number of hydrogen-bond donors (Lipinski definition) is 2. The molecule has 4 amide bonds. The van der Waals surface area contributed by atoms with E-state index >= 15 is 0 Å². The molecule has 1 unspecified atom stereocenters. The van der Waals surface area contributed by atoms with Crippen LogP contribution in [0, 0.1) is 0 Å². The first kappa shape index (κ1) is 19.9. The summed E-state index contributed by atoms with van der Waals surface area (Å²) >= 11 is 0. The van der Waals surface area contributed by atoms with Gasteiger partial charge in [-0.15, -0.1) is 0 Å². The van der Waals surface area contributed by atoms with Crippen LogP contribution in [0.15, 0.2) is 47.2 Å². The van der Waals surface area contributed by atoms with Gasteiger partial charge < -0.3 is 14.6 Å². The number of amides is 4. The molecule has 9 heteroatoms. The zero-order valence-corrected chi connectivity index (χ0v) is 17.1. The third-order valence-electron chi connectivity index (χ3n) is 5.84. The molecule has 0 aliphatic carbocycles. The van der Waals surface area contributed by atoms with Gasteiger partial charge in [0.2, 0.25) is 17.7 Å². The zero-order chi connectivity index (χ0) is 22.2. The van der Waals surface area contributed by atoms with Crippen molar-refractivity contribution in [1.82, 2.24) is 20.5 Å². The summed E-state index contributed by atoms with van der Waals surface area (Å²) in [5.74, 6) is -1.12. The number of carbonyl (C=O) groups excluding carboxylic acids is 4. The Kier molecular flexibility index (Phi) is 4.93. The summed E-state index contributed by atoms with van der Waals surface area (Å²) in [5, 5.41) is 5.17. The van der Waals surface area contributed by atoms with Crippen LogP contribution < -0.4 is 10.6 Å². The van der Waals surface area contributed by atoms with Crippen molar-refractivity contribution in [3.05, 3.63) is 65.0 Å². The van der Waals surface area contributed by atoms with Crippen LogP contribution in [0.3, 0.4) is 0 Å². The van der Waals surface area contributed by atoms with E-state index in [-0.39, 0.29) is 37.1 Å². The molecular formula is C23H20N4O5. The van der Waals surface area contributed by atoms with E-state index in [1.54, 1.807) is 12.1 Å². The molecule has 9 nitrogen and oxygen atoms in total. The molecule has 2 aromatic carbocycles. The predicted octanol–water partition coefficient (Wildman–Crippen LogP) is 1.45. The molecule has 2 N–H and O–H groups in total. The highest BCUT2D eigenvalue weighted by Crippen LogP contribution is 2.28. The lowest BCUT2D eigenvalue weighted by Gasteiger charge is -2.29. The van der Waals surface area contributed by atoms with E-state index < -0.39 is 11.9 Å². The van der Waals surface area contributed by atoms with Crippen LogP contribution >= 0.6 is 0 Å². The quantitative estimate of drug-likeness (QED) is 0.589. The summed E-state index contributed by atoms with van der Waals surface area (Å²) < 4.78 is 5.21. The lowest BCUT2D eigenvalue weighted by molar-refractivity contribution is -0.137. The van der Waals surface area contributed by atoms with Gasteiger partial charge >= 0.3 is 0 Å². The second-order valence-electron chi connectivity index (χ2n) is 8.00. The van der Waals surface area contributed by atoms with Gasteiger partial charge in [-0.05, 0) is 41.3 Å². The molecular weight excluding hydrogens is 412 g/mol. The summed E-state index contributed by atoms with van der Waals surface area (Å²) in [6.45, 7) is 0.613. The lowest BCUT2D eigenvalue weighted by Crippen LogP contribution is -2.52. The maximum Gasteiger partial charge on any atom is 0.255 e. The van der Waals surface area contributed by atoms with Gasteiger partial charge in [-0.25, -0.2) is 4.98 Å². The monoisotopic (exact) mass is 432 g/mol. The number of fused-ring (bicyclic) bond motifs is 2. The molecule has 1 saturated heterocycles. The highest BCUT2D eigenvalue weighted by atomic mass is 16.3. The fourth-order valence-electron chi connectivity index (χ4n) is 4.17. The van der Waals surface area contributed by atoms with Crippen LogP contribution in [0.25, 0.3) is 11.1 Å². The topological polar surface area (TPSA) is 122 Å². The fourth-order valence-corrected chi connectivity index (χ4v) is 4.17. The van der Waals surface area contributed by atoms with Gasteiger partial charge in [0.05, 0.1) is 6.42 Å². The number of oxazole rings is 1. The summed E-state index contributed by atoms with van der Waals surface area (Å²) in [7, 11) is 0. The molecule has 5 rings (SSSR count). The van der Waals surface area contributed by atoms with Crippen molar-refractivity contribution in [3.63, 3.8) is 0 Å².